The number of nitrogens with zero attached hydrogens (tertiary/aromatic N) is 3. The highest BCUT2D eigenvalue weighted by Gasteiger charge is 2.31. The monoisotopic (exact) mass is 428 g/mol. The van der Waals surface area contributed by atoms with E-state index in [0.29, 0.717) is 30.8 Å². The van der Waals surface area contributed by atoms with Crippen LogP contribution < -0.4 is 5.43 Å². The zero-order valence-electron chi connectivity index (χ0n) is 17.9. The Balaban J connectivity index is 1.39. The van der Waals surface area contributed by atoms with Crippen molar-refractivity contribution in [1.82, 2.24) is 15.3 Å². The number of hydrazone groups is 1. The Kier molecular flexibility index (Phi) is 5.31. The summed E-state index contributed by atoms with van der Waals surface area (Å²) in [6.07, 6.45) is 6.27. The second-order valence-corrected chi connectivity index (χ2v) is 8.19. The van der Waals surface area contributed by atoms with Crippen LogP contribution in [0.4, 0.5) is 0 Å². The Bertz CT molecular complexity index is 1210. The third-order valence-corrected chi connectivity index (χ3v) is 6.15. The van der Waals surface area contributed by atoms with E-state index in [0.717, 1.165) is 41.9 Å². The van der Waals surface area contributed by atoms with Gasteiger partial charge in [-0.05, 0) is 49.4 Å². The third kappa shape index (κ3) is 3.70. The van der Waals surface area contributed by atoms with Gasteiger partial charge in [0.2, 0.25) is 0 Å². The molecule has 0 spiro atoms. The summed E-state index contributed by atoms with van der Waals surface area (Å²) in [4.78, 5) is 31.5. The van der Waals surface area contributed by atoms with E-state index in [4.69, 9.17) is 4.42 Å². The molecule has 2 aliphatic rings. The molecule has 7 heteroatoms. The molecule has 32 heavy (non-hydrogen) atoms. The van der Waals surface area contributed by atoms with Crippen molar-refractivity contribution < 1.29 is 14.0 Å². The number of hydrogen-bond acceptors (Lipinski definition) is 5. The number of hydrogen-bond donors (Lipinski definition) is 1. The van der Waals surface area contributed by atoms with Crippen molar-refractivity contribution in [3.63, 3.8) is 0 Å². The number of pyridine rings is 1. The molecular weight excluding hydrogens is 404 g/mol. The predicted octanol–water partition coefficient (Wildman–Crippen LogP) is 3.65. The molecule has 0 saturated carbocycles. The van der Waals surface area contributed by atoms with Crippen molar-refractivity contribution >= 4 is 17.5 Å². The fourth-order valence-electron chi connectivity index (χ4n) is 4.48. The first-order valence-electron chi connectivity index (χ1n) is 10.9. The third-order valence-electron chi connectivity index (χ3n) is 6.15. The summed E-state index contributed by atoms with van der Waals surface area (Å²) in [7, 11) is 0. The summed E-state index contributed by atoms with van der Waals surface area (Å²) in [5, 5.41) is 4.38. The van der Waals surface area contributed by atoms with Gasteiger partial charge in [-0.25, -0.2) is 5.43 Å². The highest BCUT2D eigenvalue weighted by molar-refractivity contribution is 6.07. The first kappa shape index (κ1) is 20.2. The summed E-state index contributed by atoms with van der Waals surface area (Å²) >= 11 is 0. The molecule has 7 nitrogen and oxygen atoms in total. The Morgan fingerprint density at radius 1 is 1.09 bits per heavy atom. The number of carbonyl (C=O) groups is 2. The second kappa shape index (κ2) is 8.42. The number of nitrogens with one attached hydrogen (secondary N) is 1. The van der Waals surface area contributed by atoms with Crippen LogP contribution in [0.25, 0.3) is 0 Å². The van der Waals surface area contributed by atoms with Gasteiger partial charge in [-0.1, -0.05) is 24.3 Å². The van der Waals surface area contributed by atoms with Crippen molar-refractivity contribution in [3.05, 3.63) is 88.1 Å². The van der Waals surface area contributed by atoms with E-state index in [9.17, 15) is 9.59 Å². The molecule has 1 aliphatic heterocycles. The van der Waals surface area contributed by atoms with E-state index < -0.39 is 0 Å². The van der Waals surface area contributed by atoms with Crippen LogP contribution in [0.2, 0.25) is 0 Å². The largest absolute Gasteiger partial charge is 0.455 e. The molecule has 162 valence electrons. The summed E-state index contributed by atoms with van der Waals surface area (Å²) in [5.74, 6) is 0.735. The SMILES string of the molecule is Cc1c(C(=O)N2CCc3ccccc3C2)oc2c1/C(=N/NC(=O)c1cccnc1)CCC2. The predicted molar refractivity (Wildman–Crippen MR) is 120 cm³/mol. The van der Waals surface area contributed by atoms with Gasteiger partial charge in [0, 0.05) is 43.0 Å². The van der Waals surface area contributed by atoms with E-state index in [2.05, 4.69) is 27.6 Å². The van der Waals surface area contributed by atoms with Gasteiger partial charge in [0.15, 0.2) is 5.76 Å². The van der Waals surface area contributed by atoms with Gasteiger partial charge >= 0.3 is 0 Å². The Hall–Kier alpha value is -3.74. The molecule has 0 saturated heterocycles. The van der Waals surface area contributed by atoms with Crippen LogP contribution in [0.3, 0.4) is 0 Å². The molecule has 2 amide bonds. The van der Waals surface area contributed by atoms with Crippen LogP contribution in [0.5, 0.6) is 0 Å². The molecule has 0 unspecified atom stereocenters. The molecule has 3 aromatic rings. The lowest BCUT2D eigenvalue weighted by molar-refractivity contribution is 0.0699. The van der Waals surface area contributed by atoms with E-state index in [-0.39, 0.29) is 11.8 Å². The van der Waals surface area contributed by atoms with Gasteiger partial charge in [-0.3, -0.25) is 14.6 Å². The van der Waals surface area contributed by atoms with Gasteiger partial charge < -0.3 is 9.32 Å². The number of benzene rings is 1. The number of rotatable bonds is 3. The molecule has 0 bridgehead atoms. The van der Waals surface area contributed by atoms with Crippen molar-refractivity contribution in [2.24, 2.45) is 5.10 Å². The Morgan fingerprint density at radius 3 is 2.75 bits per heavy atom. The molecule has 0 atom stereocenters. The lowest BCUT2D eigenvalue weighted by Crippen LogP contribution is -2.36. The maximum atomic E-state index is 13.3. The average Bonchev–Trinajstić information content (AvgIpc) is 3.19. The van der Waals surface area contributed by atoms with Crippen LogP contribution in [-0.2, 0) is 19.4 Å². The first-order valence-corrected chi connectivity index (χ1v) is 10.9. The fraction of sp³-hybridized carbons (Fsp3) is 0.280. The van der Waals surface area contributed by atoms with Gasteiger partial charge in [-0.2, -0.15) is 5.10 Å². The first-order chi connectivity index (χ1) is 15.6. The van der Waals surface area contributed by atoms with Gasteiger partial charge in [0.25, 0.3) is 11.8 Å². The normalized spacial score (nSPS) is 16.4. The summed E-state index contributed by atoms with van der Waals surface area (Å²) in [5.41, 5.74) is 7.93. The molecule has 5 rings (SSSR count). The molecular formula is C25H24N4O3. The van der Waals surface area contributed by atoms with Crippen molar-refractivity contribution in [3.8, 4) is 0 Å². The van der Waals surface area contributed by atoms with E-state index >= 15 is 0 Å². The molecule has 1 aliphatic carbocycles. The number of aryl methyl sites for hydroxylation is 1. The van der Waals surface area contributed by atoms with E-state index in [1.807, 2.05) is 24.0 Å². The Labute approximate surface area is 186 Å². The van der Waals surface area contributed by atoms with Crippen LogP contribution in [-0.4, -0.2) is 34.0 Å². The van der Waals surface area contributed by atoms with Crippen molar-refractivity contribution in [2.75, 3.05) is 6.54 Å². The van der Waals surface area contributed by atoms with Crippen LogP contribution in [0, 0.1) is 6.92 Å². The standard InChI is InChI=1S/C25H24N4O3/c1-16-22-20(27-28-24(30)18-8-5-12-26-14-18)9-4-10-21(22)32-23(16)25(31)29-13-11-17-6-2-3-7-19(17)15-29/h2-3,5-8,12,14H,4,9-11,13,15H2,1H3,(H,28,30)/b27-20+. The lowest BCUT2D eigenvalue weighted by atomic mass is 9.93. The van der Waals surface area contributed by atoms with E-state index in [1.165, 1.54) is 17.3 Å². The van der Waals surface area contributed by atoms with Crippen LogP contribution in [0.1, 0.15) is 61.8 Å². The molecule has 1 aromatic carbocycles. The van der Waals surface area contributed by atoms with E-state index in [1.54, 1.807) is 18.3 Å². The Morgan fingerprint density at radius 2 is 1.94 bits per heavy atom. The lowest BCUT2D eigenvalue weighted by Gasteiger charge is -2.28. The van der Waals surface area contributed by atoms with Gasteiger partial charge in [-0.15, -0.1) is 0 Å². The maximum Gasteiger partial charge on any atom is 0.290 e. The summed E-state index contributed by atoms with van der Waals surface area (Å²) in [6.45, 7) is 3.15. The highest BCUT2D eigenvalue weighted by Crippen LogP contribution is 2.31. The maximum absolute atomic E-state index is 13.3. The molecule has 1 N–H and O–H groups in total. The van der Waals surface area contributed by atoms with Crippen molar-refractivity contribution in [2.45, 2.75) is 39.2 Å². The zero-order chi connectivity index (χ0) is 22.1. The summed E-state index contributed by atoms with van der Waals surface area (Å²) < 4.78 is 6.07. The highest BCUT2D eigenvalue weighted by atomic mass is 16.4. The number of furan rings is 1. The smallest absolute Gasteiger partial charge is 0.290 e. The van der Waals surface area contributed by atoms with Crippen molar-refractivity contribution in [1.29, 1.82) is 0 Å². The summed E-state index contributed by atoms with van der Waals surface area (Å²) in [6, 6.07) is 11.6. The van der Waals surface area contributed by atoms with Gasteiger partial charge in [0.05, 0.1) is 11.3 Å². The quantitative estimate of drug-likeness (QED) is 0.645. The minimum absolute atomic E-state index is 0.0925. The minimum Gasteiger partial charge on any atom is -0.455 e. The molecule has 0 radical (unpaired) electrons. The minimum atomic E-state index is -0.317. The average molecular weight is 428 g/mol. The zero-order valence-corrected chi connectivity index (χ0v) is 17.9. The number of amides is 2. The number of fused-ring (bicyclic) bond motifs is 2. The molecule has 0 fully saturated rings. The number of aromatic nitrogens is 1. The molecule has 3 heterocycles. The topological polar surface area (TPSA) is 87.8 Å². The fourth-order valence-corrected chi connectivity index (χ4v) is 4.48. The molecule has 2 aromatic heterocycles. The van der Waals surface area contributed by atoms with Crippen LogP contribution in [0.15, 0.2) is 58.3 Å². The number of carbonyl (C=O) groups excluding carboxylic acids is 2. The van der Waals surface area contributed by atoms with Gasteiger partial charge in [0.1, 0.15) is 5.76 Å². The second-order valence-electron chi connectivity index (χ2n) is 8.19. The van der Waals surface area contributed by atoms with Crippen LogP contribution >= 0.6 is 0 Å².